The van der Waals surface area contributed by atoms with E-state index in [4.69, 9.17) is 28.9 Å². The van der Waals surface area contributed by atoms with Gasteiger partial charge in [0.2, 0.25) is 24.0 Å². The number of rotatable bonds is 25. The van der Waals surface area contributed by atoms with E-state index in [-0.39, 0.29) is 64.3 Å². The van der Waals surface area contributed by atoms with Crippen LogP contribution in [0.15, 0.2) is 23.4 Å². The molecule has 7 atom stereocenters. The molecule has 324 valence electrons. The third-order valence-electron chi connectivity index (χ3n) is 7.87. The van der Waals surface area contributed by atoms with Crippen LogP contribution in [0.5, 0.6) is 5.75 Å². The lowest BCUT2D eigenvalue weighted by Crippen LogP contribution is -2.61. The lowest BCUT2D eigenvalue weighted by molar-refractivity contribution is -0.271. The van der Waals surface area contributed by atoms with Crippen molar-refractivity contribution in [3.63, 3.8) is 0 Å². The normalized spacial score (nSPS) is 19.7. The smallest absolute Gasteiger partial charge is 0.335 e. The van der Waals surface area contributed by atoms with E-state index in [2.05, 4.69) is 26.4 Å². The van der Waals surface area contributed by atoms with E-state index in [9.17, 15) is 59.1 Å². The minimum Gasteiger partial charge on any atom is -0.481 e. The van der Waals surface area contributed by atoms with Gasteiger partial charge >= 0.3 is 17.9 Å². The fourth-order valence-corrected chi connectivity index (χ4v) is 5.09. The lowest BCUT2D eigenvalue weighted by atomic mass is 9.99. The van der Waals surface area contributed by atoms with Crippen molar-refractivity contribution in [2.24, 2.45) is 5.16 Å². The number of oxime groups is 1. The van der Waals surface area contributed by atoms with Gasteiger partial charge in [0.25, 0.3) is 5.91 Å². The van der Waals surface area contributed by atoms with Gasteiger partial charge in [-0.25, -0.2) is 4.79 Å². The molecule has 1 aliphatic rings. The van der Waals surface area contributed by atoms with Crippen molar-refractivity contribution in [3.8, 4) is 5.75 Å². The molecule has 0 spiro atoms. The number of aliphatic hydroxyl groups excluding tert-OH is 4. The van der Waals surface area contributed by atoms with Crippen LogP contribution in [-0.4, -0.2) is 160 Å². The average Bonchev–Trinajstić information content (AvgIpc) is 3.15. The molecule has 0 saturated carbocycles. The second-order valence-electron chi connectivity index (χ2n) is 12.9. The van der Waals surface area contributed by atoms with Crippen LogP contribution in [0.2, 0.25) is 0 Å². The van der Waals surface area contributed by atoms with Gasteiger partial charge in [0.15, 0.2) is 6.10 Å². The summed E-state index contributed by atoms with van der Waals surface area (Å²) in [6, 6.07) is 0.925. The zero-order valence-corrected chi connectivity index (χ0v) is 32.1. The average molecular weight is 830 g/mol. The fraction of sp³-hybridized carbons (Fsp3) is 0.600. The van der Waals surface area contributed by atoms with Crippen LogP contribution in [0, 0.1) is 0 Å². The molecule has 1 saturated heterocycles. The van der Waals surface area contributed by atoms with Gasteiger partial charge in [-0.05, 0) is 50.8 Å². The number of unbranched alkanes of at least 4 members (excludes halogenated alkanes) is 1. The first-order chi connectivity index (χ1) is 27.4. The lowest BCUT2D eigenvalue weighted by Gasteiger charge is -2.38. The van der Waals surface area contributed by atoms with Crippen LogP contribution in [0.4, 0.5) is 0 Å². The van der Waals surface area contributed by atoms with Crippen molar-refractivity contribution in [1.29, 1.82) is 0 Å². The molecule has 4 amide bonds. The topological polar surface area (TPSA) is 348 Å². The van der Waals surface area contributed by atoms with Crippen LogP contribution in [0.25, 0.3) is 0 Å². The summed E-state index contributed by atoms with van der Waals surface area (Å²) < 4.78 is 20.7. The standard InChI is InChI=1S/C35H51N5O18/c1-18(2)40-56-12-10-37-32(50)22(38-25(43)17-54-13-11-41)6-4-5-9-36-33(51)23(15-26(44)45)39-31(49)21-14-20(16-55-19(3)42)7-8-24(21)57-35-29(48)27(46)28(47)30(58-35)34(52)53/h7-8,14,22-23,27-30,35,41,46-48H,4-6,9-13,15-17H2,1-3H3,(H,36,51)(H,37,50)(H,38,43)(H,39,49)(H,44,45)(H,52,53)/t22-,23-,27-,28-,29+,30-,35+/m0/s1. The second-order valence-corrected chi connectivity index (χ2v) is 12.9. The van der Waals surface area contributed by atoms with Gasteiger partial charge in [-0.2, -0.15) is 0 Å². The zero-order chi connectivity index (χ0) is 43.4. The molecule has 0 radical (unpaired) electrons. The highest BCUT2D eigenvalue weighted by Gasteiger charge is 2.48. The van der Waals surface area contributed by atoms with Gasteiger partial charge in [0.05, 0.1) is 37.5 Å². The van der Waals surface area contributed by atoms with Crippen LogP contribution in [-0.2, 0) is 54.4 Å². The number of nitrogens with one attached hydrogen (secondary N) is 4. The molecule has 23 nitrogen and oxygen atoms in total. The number of hydrogen-bond donors (Lipinski definition) is 10. The van der Waals surface area contributed by atoms with Crippen LogP contribution in [0.1, 0.15) is 62.4 Å². The van der Waals surface area contributed by atoms with Gasteiger partial charge in [0, 0.05) is 13.5 Å². The predicted molar refractivity (Wildman–Crippen MR) is 195 cm³/mol. The Kier molecular flexibility index (Phi) is 21.0. The van der Waals surface area contributed by atoms with Crippen LogP contribution in [0.3, 0.4) is 0 Å². The number of amides is 4. The monoisotopic (exact) mass is 829 g/mol. The van der Waals surface area contributed by atoms with E-state index >= 15 is 0 Å². The maximum atomic E-state index is 13.6. The van der Waals surface area contributed by atoms with Crippen LogP contribution < -0.4 is 26.0 Å². The largest absolute Gasteiger partial charge is 0.481 e. The summed E-state index contributed by atoms with van der Waals surface area (Å²) in [5.74, 6) is -7.42. The molecule has 2 rings (SSSR count). The minimum atomic E-state index is -2.04. The Bertz CT molecular complexity index is 1600. The van der Waals surface area contributed by atoms with Gasteiger partial charge in [-0.1, -0.05) is 11.2 Å². The Morgan fingerprint density at radius 3 is 2.19 bits per heavy atom. The van der Waals surface area contributed by atoms with E-state index in [0.29, 0.717) is 5.71 Å². The third kappa shape index (κ3) is 17.0. The number of aliphatic carboxylic acids is 2. The second kappa shape index (κ2) is 25.0. The Morgan fingerprint density at radius 2 is 1.55 bits per heavy atom. The van der Waals surface area contributed by atoms with Crippen LogP contribution >= 0.6 is 0 Å². The van der Waals surface area contributed by atoms with Crippen molar-refractivity contribution >= 4 is 47.2 Å². The molecule has 1 aromatic carbocycles. The van der Waals surface area contributed by atoms with Crippen molar-refractivity contribution in [2.45, 2.75) is 95.9 Å². The van der Waals surface area contributed by atoms with Crippen molar-refractivity contribution in [2.75, 3.05) is 39.5 Å². The quantitative estimate of drug-likeness (QED) is 0.0202. The number of ether oxygens (including phenoxy) is 4. The maximum Gasteiger partial charge on any atom is 0.335 e. The molecule has 10 N–H and O–H groups in total. The van der Waals surface area contributed by atoms with Gasteiger partial charge in [-0.15, -0.1) is 0 Å². The van der Waals surface area contributed by atoms with Crippen molar-refractivity contribution in [1.82, 2.24) is 21.3 Å². The Morgan fingerprint density at radius 1 is 0.862 bits per heavy atom. The Hall–Kier alpha value is -5.46. The highest BCUT2D eigenvalue weighted by atomic mass is 16.7. The summed E-state index contributed by atoms with van der Waals surface area (Å²) in [7, 11) is 0. The SMILES string of the molecule is CC(=O)OCc1ccc(O[C@@H]2O[C@H](C(=O)O)[C@@H](O)[C@H](O)[C@H]2O)c(C(=O)N[C@@H](CC(=O)O)C(=O)NCCCC[C@H](NC(=O)COCCO)C(=O)NCCON=C(C)C)c1. The number of aliphatic hydroxyl groups is 4. The summed E-state index contributed by atoms with van der Waals surface area (Å²) in [5.41, 5.74) is 0.468. The molecule has 58 heavy (non-hydrogen) atoms. The number of esters is 1. The molecule has 1 aromatic rings. The molecule has 0 aliphatic carbocycles. The van der Waals surface area contributed by atoms with E-state index in [1.807, 2.05) is 0 Å². The summed E-state index contributed by atoms with van der Waals surface area (Å²) in [4.78, 5) is 91.7. The minimum absolute atomic E-state index is 0.0585. The van der Waals surface area contributed by atoms with E-state index < -0.39 is 109 Å². The van der Waals surface area contributed by atoms with Gasteiger partial charge < -0.3 is 75.7 Å². The van der Waals surface area contributed by atoms with E-state index in [0.717, 1.165) is 19.1 Å². The Balaban J connectivity index is 2.15. The summed E-state index contributed by atoms with van der Waals surface area (Å²) in [6.45, 7) is 3.51. The first-order valence-corrected chi connectivity index (χ1v) is 18.0. The number of carboxylic acid groups (broad SMARTS) is 2. The molecular weight excluding hydrogens is 778 g/mol. The van der Waals surface area contributed by atoms with E-state index in [1.54, 1.807) is 13.8 Å². The molecular formula is C35H51N5O18. The number of carbonyl (C=O) groups is 7. The summed E-state index contributed by atoms with van der Waals surface area (Å²) >= 11 is 0. The Labute approximate surface area is 332 Å². The van der Waals surface area contributed by atoms with Crippen molar-refractivity contribution in [3.05, 3.63) is 29.3 Å². The molecule has 0 unspecified atom stereocenters. The zero-order valence-electron chi connectivity index (χ0n) is 32.1. The first kappa shape index (κ1) is 48.7. The van der Waals surface area contributed by atoms with Gasteiger partial charge in [0.1, 0.15) is 56.0 Å². The van der Waals surface area contributed by atoms with E-state index in [1.165, 1.54) is 6.07 Å². The number of benzene rings is 1. The number of carboxylic acids is 2. The number of carbonyl (C=O) groups excluding carboxylic acids is 5. The fourth-order valence-electron chi connectivity index (χ4n) is 5.09. The predicted octanol–water partition coefficient (Wildman–Crippen LogP) is -3.10. The number of nitrogens with zero attached hydrogens (tertiary/aromatic N) is 1. The number of hydrogen-bond acceptors (Lipinski definition) is 17. The third-order valence-corrected chi connectivity index (χ3v) is 7.87. The molecule has 0 aromatic heterocycles. The molecule has 1 fully saturated rings. The highest BCUT2D eigenvalue weighted by molar-refractivity contribution is 6.00. The van der Waals surface area contributed by atoms with Gasteiger partial charge in [-0.3, -0.25) is 28.8 Å². The summed E-state index contributed by atoms with van der Waals surface area (Å²) in [6.07, 6.45) is -10.4. The maximum absolute atomic E-state index is 13.6. The molecule has 1 heterocycles. The first-order valence-electron chi connectivity index (χ1n) is 18.0. The molecule has 23 heteroatoms. The molecule has 1 aliphatic heterocycles. The molecule has 0 bridgehead atoms. The van der Waals surface area contributed by atoms with Crippen molar-refractivity contribution < 1.29 is 88.0 Å². The summed E-state index contributed by atoms with van der Waals surface area (Å²) in [5, 5.41) is 72.2. The highest BCUT2D eigenvalue weighted by Crippen LogP contribution is 2.28.